The summed E-state index contributed by atoms with van der Waals surface area (Å²) in [6.45, 7) is 2.87. The molecule has 1 aliphatic rings. The summed E-state index contributed by atoms with van der Waals surface area (Å²) in [5.74, 6) is -0.765. The minimum Gasteiger partial charge on any atom is -0.481 e. The summed E-state index contributed by atoms with van der Waals surface area (Å²) in [5.41, 5.74) is 1.02. The highest BCUT2D eigenvalue weighted by Crippen LogP contribution is 2.24. The molecule has 1 aromatic carbocycles. The topological polar surface area (TPSA) is 101 Å². The molecule has 2 rings (SSSR count). The molecule has 1 fully saturated rings. The average Bonchev–Trinajstić information content (AvgIpc) is 2.52. The van der Waals surface area contributed by atoms with Crippen molar-refractivity contribution in [3.63, 3.8) is 0 Å². The Hall–Kier alpha value is -2.44. The first-order chi connectivity index (χ1) is 10.9. The van der Waals surface area contributed by atoms with Crippen LogP contribution < -0.4 is 0 Å². The standard InChI is InChI=1S/C16H20N2O5/c1-11-9-13(18(22)23)5-6-14(11)16(21)17-8-2-3-12(10-17)4-7-15(19)20/h5-6,9,12H,2-4,7-8,10H2,1H3,(H,19,20). The Labute approximate surface area is 134 Å². The van der Waals surface area contributed by atoms with Gasteiger partial charge in [0.25, 0.3) is 11.6 Å². The second kappa shape index (κ2) is 7.21. The van der Waals surface area contributed by atoms with Crippen molar-refractivity contribution in [3.05, 3.63) is 39.4 Å². The molecule has 0 aliphatic carbocycles. The minimum atomic E-state index is -0.820. The van der Waals surface area contributed by atoms with E-state index >= 15 is 0 Å². The first kappa shape index (κ1) is 16.9. The lowest BCUT2D eigenvalue weighted by Crippen LogP contribution is -2.40. The van der Waals surface area contributed by atoms with Crippen LogP contribution in [0.4, 0.5) is 5.69 Å². The molecule has 1 atom stereocenters. The number of carboxylic acids is 1. The van der Waals surface area contributed by atoms with Gasteiger partial charge in [0.2, 0.25) is 0 Å². The van der Waals surface area contributed by atoms with Crippen LogP contribution in [0, 0.1) is 23.0 Å². The first-order valence-corrected chi connectivity index (χ1v) is 7.64. The fourth-order valence-corrected chi connectivity index (χ4v) is 2.98. The summed E-state index contributed by atoms with van der Waals surface area (Å²) in [5, 5.41) is 19.5. The Morgan fingerprint density at radius 3 is 2.78 bits per heavy atom. The van der Waals surface area contributed by atoms with Crippen LogP contribution in [0.5, 0.6) is 0 Å². The molecule has 1 unspecified atom stereocenters. The van der Waals surface area contributed by atoms with Crippen molar-refractivity contribution in [2.45, 2.75) is 32.6 Å². The number of aryl methyl sites for hydroxylation is 1. The van der Waals surface area contributed by atoms with Crippen molar-refractivity contribution >= 4 is 17.6 Å². The normalized spacial score (nSPS) is 17.8. The zero-order chi connectivity index (χ0) is 17.0. The zero-order valence-corrected chi connectivity index (χ0v) is 13.0. The number of benzene rings is 1. The quantitative estimate of drug-likeness (QED) is 0.664. The van der Waals surface area contributed by atoms with Crippen LogP contribution >= 0.6 is 0 Å². The molecule has 1 aliphatic heterocycles. The lowest BCUT2D eigenvalue weighted by molar-refractivity contribution is -0.384. The predicted molar refractivity (Wildman–Crippen MR) is 83.3 cm³/mol. The van der Waals surface area contributed by atoms with E-state index in [0.717, 1.165) is 12.8 Å². The molecule has 23 heavy (non-hydrogen) atoms. The first-order valence-electron chi connectivity index (χ1n) is 7.64. The van der Waals surface area contributed by atoms with Gasteiger partial charge in [-0.2, -0.15) is 0 Å². The molecule has 1 saturated heterocycles. The summed E-state index contributed by atoms with van der Waals surface area (Å²) in [6, 6.07) is 4.24. The number of piperidine rings is 1. The van der Waals surface area contributed by atoms with Gasteiger partial charge >= 0.3 is 5.97 Å². The Morgan fingerprint density at radius 2 is 2.17 bits per heavy atom. The van der Waals surface area contributed by atoms with Gasteiger partial charge in [-0.3, -0.25) is 19.7 Å². The third kappa shape index (κ3) is 4.28. The molecule has 124 valence electrons. The molecule has 7 heteroatoms. The fourth-order valence-electron chi connectivity index (χ4n) is 2.98. The largest absolute Gasteiger partial charge is 0.481 e. The van der Waals surface area contributed by atoms with E-state index in [9.17, 15) is 19.7 Å². The van der Waals surface area contributed by atoms with Crippen LogP contribution in [0.25, 0.3) is 0 Å². The Kier molecular flexibility index (Phi) is 5.31. The molecule has 1 amide bonds. The van der Waals surface area contributed by atoms with Gasteiger partial charge in [0.15, 0.2) is 0 Å². The van der Waals surface area contributed by atoms with E-state index < -0.39 is 10.9 Å². The highest BCUT2D eigenvalue weighted by atomic mass is 16.6. The number of nitro benzene ring substituents is 1. The third-order valence-corrected chi connectivity index (χ3v) is 4.22. The van der Waals surface area contributed by atoms with Gasteiger partial charge in [-0.15, -0.1) is 0 Å². The van der Waals surface area contributed by atoms with Crippen LogP contribution in [0.2, 0.25) is 0 Å². The van der Waals surface area contributed by atoms with Gasteiger partial charge in [-0.25, -0.2) is 0 Å². The van der Waals surface area contributed by atoms with Gasteiger partial charge < -0.3 is 10.0 Å². The lowest BCUT2D eigenvalue weighted by Gasteiger charge is -2.33. The molecular weight excluding hydrogens is 300 g/mol. The van der Waals surface area contributed by atoms with Crippen molar-refractivity contribution in [1.29, 1.82) is 0 Å². The van der Waals surface area contributed by atoms with Crippen molar-refractivity contribution in [2.24, 2.45) is 5.92 Å². The third-order valence-electron chi connectivity index (χ3n) is 4.22. The van der Waals surface area contributed by atoms with Gasteiger partial charge in [-0.05, 0) is 43.7 Å². The molecule has 1 heterocycles. The number of carboxylic acid groups (broad SMARTS) is 1. The summed E-state index contributed by atoms with van der Waals surface area (Å²) < 4.78 is 0. The van der Waals surface area contributed by atoms with Crippen LogP contribution in [0.3, 0.4) is 0 Å². The number of nitrogens with zero attached hydrogens (tertiary/aromatic N) is 2. The van der Waals surface area contributed by atoms with Crippen LogP contribution in [0.1, 0.15) is 41.6 Å². The number of nitro groups is 1. The Bertz CT molecular complexity index is 629. The van der Waals surface area contributed by atoms with Crippen molar-refractivity contribution in [2.75, 3.05) is 13.1 Å². The number of amides is 1. The number of non-ortho nitro benzene ring substituents is 1. The van der Waals surface area contributed by atoms with Crippen LogP contribution in [-0.2, 0) is 4.79 Å². The molecule has 7 nitrogen and oxygen atoms in total. The maximum absolute atomic E-state index is 12.6. The summed E-state index contributed by atoms with van der Waals surface area (Å²) in [7, 11) is 0. The van der Waals surface area contributed by atoms with E-state index in [2.05, 4.69) is 0 Å². The molecule has 0 radical (unpaired) electrons. The highest BCUT2D eigenvalue weighted by molar-refractivity contribution is 5.96. The molecule has 0 aromatic heterocycles. The van der Waals surface area contributed by atoms with Crippen LogP contribution in [0.15, 0.2) is 18.2 Å². The van der Waals surface area contributed by atoms with Crippen molar-refractivity contribution in [1.82, 2.24) is 4.90 Å². The zero-order valence-electron chi connectivity index (χ0n) is 13.0. The molecule has 1 aromatic rings. The van der Waals surface area contributed by atoms with Gasteiger partial charge in [0.05, 0.1) is 4.92 Å². The molecular formula is C16H20N2O5. The summed E-state index contributed by atoms with van der Waals surface area (Å²) in [6.07, 6.45) is 2.46. The van der Waals surface area contributed by atoms with E-state index in [-0.39, 0.29) is 23.9 Å². The Morgan fingerprint density at radius 1 is 1.43 bits per heavy atom. The van der Waals surface area contributed by atoms with Crippen molar-refractivity contribution in [3.8, 4) is 0 Å². The molecule has 0 bridgehead atoms. The van der Waals surface area contributed by atoms with Crippen molar-refractivity contribution < 1.29 is 19.6 Å². The lowest BCUT2D eigenvalue weighted by atomic mass is 9.92. The number of hydrogen-bond donors (Lipinski definition) is 1. The van der Waals surface area contributed by atoms with Gasteiger partial charge in [-0.1, -0.05) is 0 Å². The molecule has 0 saturated carbocycles. The second-order valence-corrected chi connectivity index (χ2v) is 5.95. The Balaban J connectivity index is 2.07. The highest BCUT2D eigenvalue weighted by Gasteiger charge is 2.26. The number of rotatable bonds is 5. The maximum Gasteiger partial charge on any atom is 0.303 e. The minimum absolute atomic E-state index is 0.0305. The van der Waals surface area contributed by atoms with E-state index in [1.807, 2.05) is 0 Å². The SMILES string of the molecule is Cc1cc([N+](=O)[O-])ccc1C(=O)N1CCCC(CCC(=O)O)C1. The number of likely N-dealkylation sites (tertiary alicyclic amines) is 1. The second-order valence-electron chi connectivity index (χ2n) is 5.95. The van der Waals surface area contributed by atoms with Crippen LogP contribution in [-0.4, -0.2) is 39.9 Å². The predicted octanol–water partition coefficient (Wildman–Crippen LogP) is 2.62. The average molecular weight is 320 g/mol. The number of carbonyl (C=O) groups is 2. The van der Waals surface area contributed by atoms with E-state index in [4.69, 9.17) is 5.11 Å². The smallest absolute Gasteiger partial charge is 0.303 e. The summed E-state index contributed by atoms with van der Waals surface area (Å²) >= 11 is 0. The number of aliphatic carboxylic acids is 1. The monoisotopic (exact) mass is 320 g/mol. The maximum atomic E-state index is 12.6. The number of hydrogen-bond acceptors (Lipinski definition) is 4. The van der Waals surface area contributed by atoms with Gasteiger partial charge in [0.1, 0.15) is 0 Å². The van der Waals surface area contributed by atoms with E-state index in [0.29, 0.717) is 30.6 Å². The molecule has 0 spiro atoms. The van der Waals surface area contributed by atoms with Gasteiger partial charge in [0, 0.05) is 37.2 Å². The fraction of sp³-hybridized carbons (Fsp3) is 0.500. The van der Waals surface area contributed by atoms with E-state index in [1.54, 1.807) is 11.8 Å². The summed E-state index contributed by atoms with van der Waals surface area (Å²) in [4.78, 5) is 35.3. The molecule has 1 N–H and O–H groups in total. The van der Waals surface area contributed by atoms with E-state index in [1.165, 1.54) is 18.2 Å². The number of carbonyl (C=O) groups excluding carboxylic acids is 1.